The Bertz CT molecular complexity index is 573. The van der Waals surface area contributed by atoms with Crippen molar-refractivity contribution in [3.05, 3.63) is 29.8 Å². The molecule has 2 amide bonds. The molecule has 0 heterocycles. The maximum Gasteiger partial charge on any atom is 0.255 e. The second-order valence-electron chi connectivity index (χ2n) is 6.65. The van der Waals surface area contributed by atoms with Crippen LogP contribution in [0.15, 0.2) is 24.3 Å². The van der Waals surface area contributed by atoms with Gasteiger partial charge in [-0.05, 0) is 30.4 Å². The fourth-order valence-corrected chi connectivity index (χ4v) is 3.28. The number of amides is 2. The van der Waals surface area contributed by atoms with Crippen LogP contribution in [0.2, 0.25) is 0 Å². The largest absolute Gasteiger partial charge is 0.496 e. The van der Waals surface area contributed by atoms with E-state index in [0.717, 1.165) is 6.42 Å². The highest BCUT2D eigenvalue weighted by Gasteiger charge is 2.27. The predicted octanol–water partition coefficient (Wildman–Crippen LogP) is 2.76. The molecule has 0 unspecified atom stereocenters. The van der Waals surface area contributed by atoms with Gasteiger partial charge in [0.2, 0.25) is 5.91 Å². The molecular weight excluding hydrogens is 304 g/mol. The van der Waals surface area contributed by atoms with Gasteiger partial charge < -0.3 is 15.4 Å². The molecule has 1 fully saturated rings. The summed E-state index contributed by atoms with van der Waals surface area (Å²) in [4.78, 5) is 24.3. The van der Waals surface area contributed by atoms with Gasteiger partial charge in [-0.2, -0.15) is 0 Å². The molecule has 1 saturated carbocycles. The lowest BCUT2D eigenvalue weighted by Gasteiger charge is -2.34. The van der Waals surface area contributed by atoms with Gasteiger partial charge in [0.05, 0.1) is 12.7 Å². The minimum absolute atomic E-state index is 0.00118. The lowest BCUT2D eigenvalue weighted by Crippen LogP contribution is -2.44. The Morgan fingerprint density at radius 1 is 1.21 bits per heavy atom. The molecule has 5 nitrogen and oxygen atoms in total. The summed E-state index contributed by atoms with van der Waals surface area (Å²) in [5.74, 6) is 1.46. The van der Waals surface area contributed by atoms with E-state index in [0.29, 0.717) is 36.1 Å². The second kappa shape index (κ2) is 8.71. The van der Waals surface area contributed by atoms with Gasteiger partial charge in [-0.3, -0.25) is 9.59 Å². The first-order chi connectivity index (χ1) is 11.5. The van der Waals surface area contributed by atoms with Gasteiger partial charge in [0.25, 0.3) is 5.91 Å². The molecule has 2 N–H and O–H groups in total. The van der Waals surface area contributed by atoms with E-state index in [-0.39, 0.29) is 17.9 Å². The second-order valence-corrected chi connectivity index (χ2v) is 6.65. The van der Waals surface area contributed by atoms with E-state index in [1.54, 1.807) is 18.2 Å². The molecule has 3 atom stereocenters. The number of carbonyl (C=O) groups is 2. The summed E-state index contributed by atoms with van der Waals surface area (Å²) in [6.45, 7) is 4.77. The van der Waals surface area contributed by atoms with Crippen LogP contribution in [-0.4, -0.2) is 31.5 Å². The van der Waals surface area contributed by atoms with Gasteiger partial charge in [-0.1, -0.05) is 38.8 Å². The quantitative estimate of drug-likeness (QED) is 0.842. The average molecular weight is 332 g/mol. The summed E-state index contributed by atoms with van der Waals surface area (Å²) in [6.07, 6.45) is 3.74. The molecule has 1 aromatic rings. The van der Waals surface area contributed by atoms with Gasteiger partial charge in [-0.25, -0.2) is 0 Å². The third-order valence-electron chi connectivity index (χ3n) is 5.04. The van der Waals surface area contributed by atoms with E-state index in [4.69, 9.17) is 4.74 Å². The van der Waals surface area contributed by atoms with E-state index in [1.165, 1.54) is 20.0 Å². The van der Waals surface area contributed by atoms with Crippen molar-refractivity contribution in [2.45, 2.75) is 45.6 Å². The summed E-state index contributed by atoms with van der Waals surface area (Å²) in [5, 5.41) is 5.90. The third-order valence-corrected chi connectivity index (χ3v) is 5.04. The van der Waals surface area contributed by atoms with Crippen LogP contribution in [0.25, 0.3) is 0 Å². The first-order valence-corrected chi connectivity index (χ1v) is 8.73. The van der Waals surface area contributed by atoms with Gasteiger partial charge in [0.1, 0.15) is 5.75 Å². The van der Waals surface area contributed by atoms with Crippen molar-refractivity contribution in [1.29, 1.82) is 0 Å². The number of hydrogen-bond donors (Lipinski definition) is 2. The smallest absolute Gasteiger partial charge is 0.255 e. The van der Waals surface area contributed by atoms with Gasteiger partial charge in [-0.15, -0.1) is 0 Å². The molecule has 0 bridgehead atoms. The Morgan fingerprint density at radius 3 is 2.71 bits per heavy atom. The number of methoxy groups -OCH3 is 1. The third kappa shape index (κ3) is 4.73. The van der Waals surface area contributed by atoms with Crippen LogP contribution in [-0.2, 0) is 4.79 Å². The molecule has 0 saturated heterocycles. The SMILES string of the molecule is COc1ccccc1C(=O)NCCC(=O)N[C@H]1CCC[C@H](C)[C@@H]1C. The first kappa shape index (κ1) is 18.3. The summed E-state index contributed by atoms with van der Waals surface area (Å²) >= 11 is 0. The maximum atomic E-state index is 12.2. The van der Waals surface area contributed by atoms with E-state index in [2.05, 4.69) is 24.5 Å². The number of para-hydroxylation sites is 1. The van der Waals surface area contributed by atoms with E-state index >= 15 is 0 Å². The van der Waals surface area contributed by atoms with Crippen molar-refractivity contribution in [3.63, 3.8) is 0 Å². The van der Waals surface area contributed by atoms with Crippen LogP contribution in [0.5, 0.6) is 5.75 Å². The van der Waals surface area contributed by atoms with Crippen LogP contribution < -0.4 is 15.4 Å². The average Bonchev–Trinajstić information content (AvgIpc) is 2.58. The zero-order valence-electron chi connectivity index (χ0n) is 14.8. The fourth-order valence-electron chi connectivity index (χ4n) is 3.28. The number of nitrogens with one attached hydrogen (secondary N) is 2. The van der Waals surface area contributed by atoms with Crippen LogP contribution in [0, 0.1) is 11.8 Å². The lowest BCUT2D eigenvalue weighted by atomic mass is 9.78. The Hall–Kier alpha value is -2.04. The number of benzene rings is 1. The zero-order valence-corrected chi connectivity index (χ0v) is 14.8. The lowest BCUT2D eigenvalue weighted by molar-refractivity contribution is -0.122. The molecule has 24 heavy (non-hydrogen) atoms. The Morgan fingerprint density at radius 2 is 1.96 bits per heavy atom. The standard InChI is InChI=1S/C19H28N2O3/c1-13-7-6-9-16(14(13)2)21-18(22)11-12-20-19(23)15-8-4-5-10-17(15)24-3/h4-5,8,10,13-14,16H,6-7,9,11-12H2,1-3H3,(H,20,23)(H,21,22)/t13-,14-,16-/m0/s1. The minimum atomic E-state index is -0.222. The molecule has 1 aromatic carbocycles. The van der Waals surface area contributed by atoms with Gasteiger partial charge in [0.15, 0.2) is 0 Å². The van der Waals surface area contributed by atoms with E-state index in [1.807, 2.05) is 6.07 Å². The first-order valence-electron chi connectivity index (χ1n) is 8.73. The maximum absolute atomic E-state index is 12.2. The Kier molecular flexibility index (Phi) is 6.64. The van der Waals surface area contributed by atoms with Crippen LogP contribution in [0.4, 0.5) is 0 Å². The van der Waals surface area contributed by atoms with Crippen molar-refractivity contribution in [2.75, 3.05) is 13.7 Å². The van der Waals surface area contributed by atoms with E-state index in [9.17, 15) is 9.59 Å². The summed E-state index contributed by atoms with van der Waals surface area (Å²) in [7, 11) is 1.53. The monoisotopic (exact) mass is 332 g/mol. The summed E-state index contributed by atoms with van der Waals surface area (Å²) < 4.78 is 5.18. The molecule has 132 valence electrons. The molecule has 2 rings (SSSR count). The summed E-state index contributed by atoms with van der Waals surface area (Å²) in [6, 6.07) is 7.31. The molecule has 0 aromatic heterocycles. The molecule has 1 aliphatic rings. The van der Waals surface area contributed by atoms with Crippen molar-refractivity contribution < 1.29 is 14.3 Å². The molecule has 1 aliphatic carbocycles. The Labute approximate surface area is 144 Å². The fraction of sp³-hybridized carbons (Fsp3) is 0.579. The Balaban J connectivity index is 1.77. The molecular formula is C19H28N2O3. The number of carbonyl (C=O) groups excluding carboxylic acids is 2. The highest BCUT2D eigenvalue weighted by molar-refractivity contribution is 5.97. The van der Waals surface area contributed by atoms with Crippen LogP contribution >= 0.6 is 0 Å². The number of ether oxygens (including phenoxy) is 1. The van der Waals surface area contributed by atoms with Gasteiger partial charge >= 0.3 is 0 Å². The van der Waals surface area contributed by atoms with Gasteiger partial charge in [0, 0.05) is 19.0 Å². The van der Waals surface area contributed by atoms with Crippen LogP contribution in [0.1, 0.15) is 49.9 Å². The predicted molar refractivity (Wildman–Crippen MR) is 94.1 cm³/mol. The molecule has 0 radical (unpaired) electrons. The normalized spacial score (nSPS) is 23.4. The minimum Gasteiger partial charge on any atom is -0.496 e. The van der Waals surface area contributed by atoms with Crippen LogP contribution in [0.3, 0.4) is 0 Å². The zero-order chi connectivity index (χ0) is 17.5. The molecule has 0 aliphatic heterocycles. The molecule has 5 heteroatoms. The number of rotatable bonds is 6. The van der Waals surface area contributed by atoms with Crippen molar-refractivity contribution in [3.8, 4) is 5.75 Å². The van der Waals surface area contributed by atoms with Crippen molar-refractivity contribution in [2.24, 2.45) is 11.8 Å². The summed E-state index contributed by atoms with van der Waals surface area (Å²) in [5.41, 5.74) is 0.482. The molecule has 0 spiro atoms. The highest BCUT2D eigenvalue weighted by Crippen LogP contribution is 2.29. The number of hydrogen-bond acceptors (Lipinski definition) is 3. The van der Waals surface area contributed by atoms with Crippen molar-refractivity contribution >= 4 is 11.8 Å². The van der Waals surface area contributed by atoms with Crippen molar-refractivity contribution in [1.82, 2.24) is 10.6 Å². The topological polar surface area (TPSA) is 67.4 Å². The van der Waals surface area contributed by atoms with E-state index < -0.39 is 0 Å². The highest BCUT2D eigenvalue weighted by atomic mass is 16.5.